The van der Waals surface area contributed by atoms with E-state index in [2.05, 4.69) is 53.4 Å². The molecule has 0 spiro atoms. The quantitative estimate of drug-likeness (QED) is 0.263. The fourth-order valence-electron chi connectivity index (χ4n) is 4.34. The summed E-state index contributed by atoms with van der Waals surface area (Å²) >= 11 is 0. The van der Waals surface area contributed by atoms with E-state index in [1.54, 1.807) is 18.2 Å². The highest BCUT2D eigenvalue weighted by Gasteiger charge is 2.37. The zero-order chi connectivity index (χ0) is 24.5. The molecule has 2 heterocycles. The molecule has 0 aliphatic carbocycles. The number of unbranched alkanes of at least 4 members (excludes halogenated alkanes) is 2. The highest BCUT2D eigenvalue weighted by molar-refractivity contribution is 5.95. The fraction of sp³-hybridized carbons (Fsp3) is 0.464. The zero-order valence-electron chi connectivity index (χ0n) is 20.6. The van der Waals surface area contributed by atoms with Crippen molar-refractivity contribution in [3.63, 3.8) is 0 Å². The zero-order valence-corrected chi connectivity index (χ0v) is 20.6. The highest BCUT2D eigenvalue weighted by atomic mass is 16.6. The van der Waals surface area contributed by atoms with E-state index in [0.717, 1.165) is 17.7 Å². The predicted molar refractivity (Wildman–Crippen MR) is 136 cm³/mol. The number of aromatic nitrogens is 1. The van der Waals surface area contributed by atoms with E-state index in [0.29, 0.717) is 30.8 Å². The molecule has 1 aromatic carbocycles. The Hall–Kier alpha value is -3.15. The molecule has 1 aliphatic heterocycles. The first-order valence-corrected chi connectivity index (χ1v) is 12.3. The van der Waals surface area contributed by atoms with Crippen LogP contribution in [-0.2, 0) is 22.4 Å². The van der Waals surface area contributed by atoms with Crippen LogP contribution in [-0.4, -0.2) is 35.6 Å². The number of cyclic esters (lactones) is 1. The summed E-state index contributed by atoms with van der Waals surface area (Å²) in [5, 5.41) is 6.29. The number of pyridine rings is 1. The summed E-state index contributed by atoms with van der Waals surface area (Å²) in [6, 6.07) is 11.7. The van der Waals surface area contributed by atoms with Gasteiger partial charge in [0.25, 0.3) is 5.91 Å². The molecule has 3 unspecified atom stereocenters. The molecule has 0 saturated carbocycles. The van der Waals surface area contributed by atoms with E-state index in [9.17, 15) is 9.59 Å². The van der Waals surface area contributed by atoms with Crippen LogP contribution in [0.2, 0.25) is 0 Å². The number of carbonyl (C=O) groups is 2. The molecule has 6 heteroatoms. The molecular weight excluding hydrogens is 426 g/mol. The van der Waals surface area contributed by atoms with Crippen LogP contribution >= 0.6 is 0 Å². The topological polar surface area (TPSA) is 80.3 Å². The third-order valence-electron chi connectivity index (χ3n) is 6.18. The van der Waals surface area contributed by atoms with Crippen molar-refractivity contribution in [3.8, 4) is 0 Å². The normalized spacial score (nSPS) is 18.3. The summed E-state index contributed by atoms with van der Waals surface area (Å²) < 4.78 is 5.67. The van der Waals surface area contributed by atoms with Gasteiger partial charge >= 0.3 is 5.97 Å². The van der Waals surface area contributed by atoms with E-state index < -0.39 is 0 Å². The van der Waals surface area contributed by atoms with Gasteiger partial charge < -0.3 is 15.4 Å². The maximum atomic E-state index is 13.3. The van der Waals surface area contributed by atoms with Crippen LogP contribution in [0.4, 0.5) is 5.82 Å². The minimum atomic E-state index is -0.350. The van der Waals surface area contributed by atoms with Crippen LogP contribution in [0.3, 0.4) is 0 Å². The van der Waals surface area contributed by atoms with Crippen molar-refractivity contribution in [2.24, 2.45) is 5.92 Å². The smallest absolute Gasteiger partial charge is 0.309 e. The molecule has 2 N–H and O–H groups in total. The molecule has 1 saturated heterocycles. The number of nitrogens with zero attached hydrogens (tertiary/aromatic N) is 1. The number of ether oxygens (including phenoxy) is 1. The SMILES string of the molecule is C=CCNc1cc(C(=O)NC(Cc2cccc(CCCCC)c2)C2CC(C)C(=O)O2)cc(C)n1. The number of aryl methyl sites for hydroxylation is 2. The van der Waals surface area contributed by atoms with Crippen LogP contribution in [0, 0.1) is 12.8 Å². The summed E-state index contributed by atoms with van der Waals surface area (Å²) in [6.45, 7) is 10.2. The largest absolute Gasteiger partial charge is 0.460 e. The van der Waals surface area contributed by atoms with Crippen LogP contribution in [0.25, 0.3) is 0 Å². The van der Waals surface area contributed by atoms with Gasteiger partial charge in [-0.25, -0.2) is 4.98 Å². The Morgan fingerprint density at radius 1 is 1.26 bits per heavy atom. The molecule has 1 aliphatic rings. The third-order valence-corrected chi connectivity index (χ3v) is 6.18. The Morgan fingerprint density at radius 2 is 2.06 bits per heavy atom. The molecule has 2 aromatic rings. The number of rotatable bonds is 12. The van der Waals surface area contributed by atoms with Crippen molar-refractivity contribution < 1.29 is 14.3 Å². The molecule has 34 heavy (non-hydrogen) atoms. The maximum absolute atomic E-state index is 13.3. The van der Waals surface area contributed by atoms with Gasteiger partial charge in [-0.05, 0) is 55.9 Å². The first-order chi connectivity index (χ1) is 16.4. The number of hydrogen-bond donors (Lipinski definition) is 2. The first-order valence-electron chi connectivity index (χ1n) is 12.3. The Balaban J connectivity index is 1.78. The third kappa shape index (κ3) is 7.17. The van der Waals surface area contributed by atoms with Crippen LogP contribution in [0.1, 0.15) is 66.7 Å². The lowest BCUT2D eigenvalue weighted by atomic mass is 9.94. The number of nitrogens with one attached hydrogen (secondary N) is 2. The van der Waals surface area contributed by atoms with Gasteiger partial charge in [0.15, 0.2) is 0 Å². The molecule has 3 rings (SSSR count). The lowest BCUT2D eigenvalue weighted by Gasteiger charge is -2.24. The Kier molecular flexibility index (Phi) is 9.25. The molecule has 3 atom stereocenters. The van der Waals surface area contributed by atoms with Crippen molar-refractivity contribution >= 4 is 17.7 Å². The summed E-state index contributed by atoms with van der Waals surface area (Å²) in [7, 11) is 0. The molecule has 1 fully saturated rings. The van der Waals surface area contributed by atoms with Gasteiger partial charge in [-0.2, -0.15) is 0 Å². The van der Waals surface area contributed by atoms with E-state index in [1.807, 2.05) is 13.8 Å². The summed E-state index contributed by atoms with van der Waals surface area (Å²) in [6.07, 6.45) is 7.21. The molecule has 1 aromatic heterocycles. The van der Waals surface area contributed by atoms with E-state index in [-0.39, 0.29) is 29.9 Å². The van der Waals surface area contributed by atoms with Crippen molar-refractivity contribution in [1.29, 1.82) is 0 Å². The van der Waals surface area contributed by atoms with Crippen molar-refractivity contribution in [2.45, 2.75) is 71.4 Å². The van der Waals surface area contributed by atoms with E-state index in [4.69, 9.17) is 4.74 Å². The number of anilines is 1. The van der Waals surface area contributed by atoms with Crippen molar-refractivity contribution in [2.75, 3.05) is 11.9 Å². The average molecular weight is 464 g/mol. The van der Waals surface area contributed by atoms with Gasteiger partial charge in [0.05, 0.1) is 12.0 Å². The predicted octanol–water partition coefficient (Wildman–Crippen LogP) is 5.01. The Morgan fingerprint density at radius 3 is 2.76 bits per heavy atom. The van der Waals surface area contributed by atoms with Gasteiger partial charge in [0.1, 0.15) is 11.9 Å². The van der Waals surface area contributed by atoms with Gasteiger partial charge in [0, 0.05) is 17.8 Å². The Bertz CT molecular complexity index is 1000. The van der Waals surface area contributed by atoms with E-state index in [1.165, 1.54) is 24.8 Å². The molecule has 0 radical (unpaired) electrons. The number of carbonyl (C=O) groups excluding carboxylic acids is 2. The summed E-state index contributed by atoms with van der Waals surface area (Å²) in [4.78, 5) is 29.8. The number of benzene rings is 1. The molecule has 1 amide bonds. The second-order valence-electron chi connectivity index (χ2n) is 9.23. The molecular formula is C28H37N3O3. The minimum absolute atomic E-state index is 0.164. The highest BCUT2D eigenvalue weighted by Crippen LogP contribution is 2.25. The molecule has 6 nitrogen and oxygen atoms in total. The Labute approximate surface area is 203 Å². The standard InChI is InChI=1S/C28H37N3O3/c1-5-7-8-10-21-11-9-12-22(16-21)17-24(25-14-19(3)28(33)34-25)31-27(32)23-15-20(4)30-26(18-23)29-13-6-2/h6,9,11-12,15-16,18-19,24-25H,2,5,7-8,10,13-14,17H2,1,3-4H3,(H,29,30)(H,31,32). The van der Waals surface area contributed by atoms with Gasteiger partial charge in [0.2, 0.25) is 0 Å². The number of hydrogen-bond acceptors (Lipinski definition) is 5. The molecule has 182 valence electrons. The monoisotopic (exact) mass is 463 g/mol. The fourth-order valence-corrected chi connectivity index (χ4v) is 4.34. The second kappa shape index (κ2) is 12.4. The van der Waals surface area contributed by atoms with E-state index >= 15 is 0 Å². The van der Waals surface area contributed by atoms with Crippen molar-refractivity contribution in [1.82, 2.24) is 10.3 Å². The average Bonchev–Trinajstić information content (AvgIpc) is 3.15. The van der Waals surface area contributed by atoms with Gasteiger partial charge in [-0.3, -0.25) is 9.59 Å². The summed E-state index contributed by atoms with van der Waals surface area (Å²) in [5.41, 5.74) is 3.70. The van der Waals surface area contributed by atoms with Gasteiger partial charge in [-0.1, -0.05) is 57.0 Å². The van der Waals surface area contributed by atoms with Crippen LogP contribution < -0.4 is 10.6 Å². The van der Waals surface area contributed by atoms with Crippen molar-refractivity contribution in [3.05, 3.63) is 71.4 Å². The lowest BCUT2D eigenvalue weighted by Crippen LogP contribution is -2.45. The molecule has 0 bridgehead atoms. The van der Waals surface area contributed by atoms with Gasteiger partial charge in [-0.15, -0.1) is 6.58 Å². The van der Waals surface area contributed by atoms with Crippen LogP contribution in [0.15, 0.2) is 49.1 Å². The summed E-state index contributed by atoms with van der Waals surface area (Å²) in [5.74, 6) is 0.0602. The van der Waals surface area contributed by atoms with Crippen LogP contribution in [0.5, 0.6) is 0 Å². The number of amides is 1. The first kappa shape index (κ1) is 25.5. The maximum Gasteiger partial charge on any atom is 0.309 e. The second-order valence-corrected chi connectivity index (χ2v) is 9.23. The minimum Gasteiger partial charge on any atom is -0.460 e. The number of esters is 1. The lowest BCUT2D eigenvalue weighted by molar-refractivity contribution is -0.144.